The Balaban J connectivity index is 4.48. The van der Waals surface area contributed by atoms with Gasteiger partial charge in [-0.05, 0) is 12.8 Å². The molecule has 0 aromatic heterocycles. The minimum Gasteiger partial charge on any atom is -0.481 e. The van der Waals surface area contributed by atoms with E-state index in [9.17, 15) is 29.1 Å². The first-order valence-corrected chi connectivity index (χ1v) is 7.37. The molecule has 0 saturated carbocycles. The summed E-state index contributed by atoms with van der Waals surface area (Å²) in [6.07, 6.45) is -2.20. The predicted octanol–water partition coefficient (Wildman–Crippen LogP) is -1.20. The summed E-state index contributed by atoms with van der Waals surface area (Å²) in [6, 6.07) is 0. The number of hydrogen-bond donors (Lipinski definition) is 4. The van der Waals surface area contributed by atoms with Gasteiger partial charge < -0.3 is 30.5 Å². The molecule has 142 valence electrons. The topological polar surface area (TPSA) is 191 Å². The Morgan fingerprint density at radius 1 is 0.880 bits per heavy atom. The van der Waals surface area contributed by atoms with Gasteiger partial charge in [0, 0.05) is 19.4 Å². The second-order valence-electron chi connectivity index (χ2n) is 5.15. The van der Waals surface area contributed by atoms with Crippen molar-refractivity contribution < 1.29 is 48.8 Å². The van der Waals surface area contributed by atoms with Crippen LogP contribution in [-0.4, -0.2) is 63.9 Å². The van der Waals surface area contributed by atoms with Gasteiger partial charge in [-0.25, -0.2) is 4.79 Å². The van der Waals surface area contributed by atoms with Gasteiger partial charge in [-0.1, -0.05) is 0 Å². The second-order valence-corrected chi connectivity index (χ2v) is 5.15. The number of carboxylic acids is 2. The molecule has 0 bridgehead atoms. The van der Waals surface area contributed by atoms with Crippen molar-refractivity contribution in [3.8, 4) is 0 Å². The number of nitrogens with two attached hydrogens (primary N) is 1. The molecular formula is C14H21NO10. The minimum atomic E-state index is -2.79. The number of rotatable bonds is 12. The molecule has 0 rings (SSSR count). The molecule has 0 radical (unpaired) electrons. The Morgan fingerprint density at radius 3 is 1.96 bits per heavy atom. The van der Waals surface area contributed by atoms with Crippen LogP contribution in [0.4, 0.5) is 0 Å². The smallest absolute Gasteiger partial charge is 0.336 e. The largest absolute Gasteiger partial charge is 0.481 e. The van der Waals surface area contributed by atoms with E-state index in [1.807, 2.05) is 0 Å². The summed E-state index contributed by atoms with van der Waals surface area (Å²) in [7, 11) is 0. The van der Waals surface area contributed by atoms with Crippen molar-refractivity contribution in [3.63, 3.8) is 0 Å². The Labute approximate surface area is 142 Å². The van der Waals surface area contributed by atoms with E-state index in [2.05, 4.69) is 9.47 Å². The van der Waals surface area contributed by atoms with E-state index in [4.69, 9.17) is 15.9 Å². The highest BCUT2D eigenvalue weighted by Gasteiger charge is 2.42. The number of carbonyl (C=O) groups excluding carboxylic acids is 3. The monoisotopic (exact) mass is 363 g/mol. The van der Waals surface area contributed by atoms with Crippen molar-refractivity contribution in [3.05, 3.63) is 0 Å². The molecule has 0 aliphatic rings. The summed E-state index contributed by atoms with van der Waals surface area (Å²) in [6.45, 7) is -0.191. The molecule has 25 heavy (non-hydrogen) atoms. The number of ether oxygens (including phenoxy) is 2. The van der Waals surface area contributed by atoms with E-state index in [0.29, 0.717) is 0 Å². The highest BCUT2D eigenvalue weighted by Crippen LogP contribution is 2.18. The first-order chi connectivity index (χ1) is 11.6. The zero-order valence-corrected chi connectivity index (χ0v) is 13.4. The van der Waals surface area contributed by atoms with Crippen molar-refractivity contribution in [1.82, 2.24) is 0 Å². The van der Waals surface area contributed by atoms with Gasteiger partial charge in [0.25, 0.3) is 0 Å². The number of aliphatic carboxylic acids is 2. The minimum absolute atomic E-state index is 0.00430. The van der Waals surface area contributed by atoms with Crippen molar-refractivity contribution >= 4 is 29.8 Å². The lowest BCUT2D eigenvalue weighted by molar-refractivity contribution is -0.175. The van der Waals surface area contributed by atoms with Gasteiger partial charge in [0.2, 0.25) is 0 Å². The SMILES string of the molecule is NCCOC(=O)CC(O)(CC(=O)OC(=O)CCCCC(=O)O)C(=O)O. The molecule has 11 nitrogen and oxygen atoms in total. The number of hydrogen-bond acceptors (Lipinski definition) is 9. The molecule has 0 amide bonds. The molecule has 0 fully saturated rings. The zero-order valence-electron chi connectivity index (χ0n) is 13.4. The van der Waals surface area contributed by atoms with Crippen molar-refractivity contribution in [2.45, 2.75) is 44.1 Å². The van der Waals surface area contributed by atoms with Crippen LogP contribution in [0.5, 0.6) is 0 Å². The van der Waals surface area contributed by atoms with Gasteiger partial charge >= 0.3 is 29.8 Å². The fraction of sp³-hybridized carbons (Fsp3) is 0.643. The van der Waals surface area contributed by atoms with Crippen LogP contribution in [0.3, 0.4) is 0 Å². The van der Waals surface area contributed by atoms with Crippen molar-refractivity contribution in [2.75, 3.05) is 13.2 Å². The average molecular weight is 363 g/mol. The number of unbranched alkanes of at least 4 members (excludes halogenated alkanes) is 1. The Bertz CT molecular complexity index is 518. The van der Waals surface area contributed by atoms with Crippen LogP contribution in [0.2, 0.25) is 0 Å². The van der Waals surface area contributed by atoms with Gasteiger partial charge in [-0.15, -0.1) is 0 Å². The van der Waals surface area contributed by atoms with E-state index in [0.717, 1.165) is 0 Å². The van der Waals surface area contributed by atoms with E-state index in [1.165, 1.54) is 0 Å². The van der Waals surface area contributed by atoms with E-state index >= 15 is 0 Å². The number of carbonyl (C=O) groups is 5. The van der Waals surface area contributed by atoms with Crippen LogP contribution in [0.15, 0.2) is 0 Å². The number of aliphatic hydroxyl groups is 1. The first kappa shape index (κ1) is 22.5. The maximum atomic E-state index is 11.6. The molecule has 0 spiro atoms. The Morgan fingerprint density at radius 2 is 1.44 bits per heavy atom. The fourth-order valence-corrected chi connectivity index (χ4v) is 1.67. The third-order valence-electron chi connectivity index (χ3n) is 2.90. The summed E-state index contributed by atoms with van der Waals surface area (Å²) in [5.41, 5.74) is 2.32. The molecule has 0 aromatic rings. The van der Waals surface area contributed by atoms with E-state index < -0.39 is 48.3 Å². The molecule has 1 unspecified atom stereocenters. The molecular weight excluding hydrogens is 342 g/mol. The summed E-state index contributed by atoms with van der Waals surface area (Å²) < 4.78 is 8.88. The van der Waals surface area contributed by atoms with Crippen molar-refractivity contribution in [2.24, 2.45) is 5.73 Å². The number of carboxylic acid groups (broad SMARTS) is 2. The Hall–Kier alpha value is -2.53. The molecule has 0 aromatic carbocycles. The van der Waals surface area contributed by atoms with E-state index in [1.54, 1.807) is 0 Å². The number of esters is 3. The molecule has 11 heteroatoms. The molecule has 5 N–H and O–H groups in total. The summed E-state index contributed by atoms with van der Waals surface area (Å²) in [5, 5.41) is 27.3. The lowest BCUT2D eigenvalue weighted by Crippen LogP contribution is -2.43. The van der Waals surface area contributed by atoms with Gasteiger partial charge in [0.15, 0.2) is 5.60 Å². The second kappa shape index (κ2) is 11.1. The normalized spacial score (nSPS) is 12.7. The molecule has 1 atom stereocenters. The average Bonchev–Trinajstić information content (AvgIpc) is 2.48. The molecule has 0 aliphatic carbocycles. The van der Waals surface area contributed by atoms with Gasteiger partial charge in [-0.3, -0.25) is 19.2 Å². The van der Waals surface area contributed by atoms with Crippen LogP contribution in [0.25, 0.3) is 0 Å². The van der Waals surface area contributed by atoms with Crippen molar-refractivity contribution in [1.29, 1.82) is 0 Å². The van der Waals surface area contributed by atoms with Crippen LogP contribution in [0.1, 0.15) is 38.5 Å². The third kappa shape index (κ3) is 10.0. The predicted molar refractivity (Wildman–Crippen MR) is 79.0 cm³/mol. The quantitative estimate of drug-likeness (QED) is 0.185. The van der Waals surface area contributed by atoms with Crippen LogP contribution < -0.4 is 5.73 Å². The maximum absolute atomic E-state index is 11.6. The maximum Gasteiger partial charge on any atom is 0.336 e. The molecule has 0 heterocycles. The van der Waals surface area contributed by atoms with Crippen LogP contribution >= 0.6 is 0 Å². The summed E-state index contributed by atoms with van der Waals surface area (Å²) in [4.78, 5) is 55.8. The first-order valence-electron chi connectivity index (χ1n) is 7.37. The lowest BCUT2D eigenvalue weighted by Gasteiger charge is -2.21. The standard InChI is InChI=1S/C14H21NO10/c15-5-6-24-11(19)7-14(23,13(21)22)8-12(20)25-10(18)4-2-1-3-9(16)17/h23H,1-8,15H2,(H,16,17)(H,21,22). The Kier molecular flexibility index (Phi) is 9.98. The fourth-order valence-electron chi connectivity index (χ4n) is 1.67. The van der Waals surface area contributed by atoms with Gasteiger partial charge in [-0.2, -0.15) is 0 Å². The highest BCUT2D eigenvalue weighted by atomic mass is 16.6. The third-order valence-corrected chi connectivity index (χ3v) is 2.90. The van der Waals surface area contributed by atoms with Gasteiger partial charge in [0.05, 0.1) is 12.8 Å². The van der Waals surface area contributed by atoms with Gasteiger partial charge in [0.1, 0.15) is 6.61 Å². The van der Waals surface area contributed by atoms with Crippen LogP contribution in [0, 0.1) is 0 Å². The highest BCUT2D eigenvalue weighted by molar-refractivity contribution is 5.92. The molecule has 0 aliphatic heterocycles. The summed E-state index contributed by atoms with van der Waals surface area (Å²) in [5.74, 6) is -6.29. The summed E-state index contributed by atoms with van der Waals surface area (Å²) >= 11 is 0. The molecule has 0 saturated heterocycles. The van der Waals surface area contributed by atoms with E-state index in [-0.39, 0.29) is 38.8 Å². The lowest BCUT2D eigenvalue weighted by atomic mass is 9.96. The zero-order chi connectivity index (χ0) is 19.5. The van der Waals surface area contributed by atoms with Crippen LogP contribution in [-0.2, 0) is 33.4 Å².